The Morgan fingerprint density at radius 1 is 1.20 bits per heavy atom. The summed E-state index contributed by atoms with van der Waals surface area (Å²) in [5.41, 5.74) is 9.47. The molecule has 1 saturated heterocycles. The van der Waals surface area contributed by atoms with Gasteiger partial charge in [-0.2, -0.15) is 0 Å². The number of nitrogens with zero attached hydrogens (tertiary/aromatic N) is 1. The molecule has 3 nitrogen and oxygen atoms in total. The summed E-state index contributed by atoms with van der Waals surface area (Å²) in [6.07, 6.45) is 3.57. The Kier molecular flexibility index (Phi) is 3.55. The summed E-state index contributed by atoms with van der Waals surface area (Å²) in [5, 5.41) is 0. The van der Waals surface area contributed by atoms with Crippen LogP contribution in [0.2, 0.25) is 0 Å². The van der Waals surface area contributed by atoms with Crippen LogP contribution in [-0.2, 0) is 0 Å². The van der Waals surface area contributed by atoms with Gasteiger partial charge in [0.1, 0.15) is 0 Å². The smallest absolute Gasteiger partial charge is 0.253 e. The minimum Gasteiger partial charge on any atom is -0.338 e. The van der Waals surface area contributed by atoms with Crippen LogP contribution in [0.4, 0.5) is 0 Å². The molecule has 1 aromatic rings. The SMILES string of the molecule is Cc1ccc(C(=O)N2CC3CCCC(N)C3C2)cc1C. The molecule has 3 heteroatoms. The third kappa shape index (κ3) is 2.35. The van der Waals surface area contributed by atoms with E-state index < -0.39 is 0 Å². The number of nitrogens with two attached hydrogens (primary N) is 1. The largest absolute Gasteiger partial charge is 0.338 e. The number of likely N-dealkylation sites (tertiary alicyclic amines) is 1. The average molecular weight is 272 g/mol. The average Bonchev–Trinajstić information content (AvgIpc) is 2.86. The number of aryl methyl sites for hydroxylation is 2. The van der Waals surface area contributed by atoms with Gasteiger partial charge in [0.25, 0.3) is 5.91 Å². The van der Waals surface area contributed by atoms with Gasteiger partial charge in [0.05, 0.1) is 0 Å². The lowest BCUT2D eigenvalue weighted by atomic mass is 9.78. The van der Waals surface area contributed by atoms with E-state index in [1.165, 1.54) is 24.0 Å². The number of hydrogen-bond acceptors (Lipinski definition) is 2. The first kappa shape index (κ1) is 13.6. The molecule has 0 radical (unpaired) electrons. The number of benzene rings is 1. The highest BCUT2D eigenvalue weighted by atomic mass is 16.2. The molecule has 1 amide bonds. The first-order valence-corrected chi connectivity index (χ1v) is 7.68. The number of amides is 1. The predicted molar refractivity (Wildman–Crippen MR) is 80.6 cm³/mol. The van der Waals surface area contributed by atoms with E-state index in [-0.39, 0.29) is 11.9 Å². The van der Waals surface area contributed by atoms with E-state index in [1.807, 2.05) is 23.1 Å². The normalized spacial score (nSPS) is 29.4. The minimum atomic E-state index is 0.176. The molecule has 0 bridgehead atoms. The van der Waals surface area contributed by atoms with E-state index in [9.17, 15) is 4.79 Å². The molecule has 0 aromatic heterocycles. The Morgan fingerprint density at radius 3 is 2.70 bits per heavy atom. The van der Waals surface area contributed by atoms with Crippen LogP contribution in [-0.4, -0.2) is 29.9 Å². The second-order valence-corrected chi connectivity index (χ2v) is 6.53. The van der Waals surface area contributed by atoms with Crippen molar-refractivity contribution in [1.29, 1.82) is 0 Å². The summed E-state index contributed by atoms with van der Waals surface area (Å²) >= 11 is 0. The Balaban J connectivity index is 1.76. The van der Waals surface area contributed by atoms with Crippen molar-refractivity contribution in [3.05, 3.63) is 34.9 Å². The van der Waals surface area contributed by atoms with Crippen molar-refractivity contribution < 1.29 is 4.79 Å². The molecule has 2 aliphatic rings. The third-order valence-corrected chi connectivity index (χ3v) is 5.19. The highest BCUT2D eigenvalue weighted by Crippen LogP contribution is 2.36. The van der Waals surface area contributed by atoms with Gasteiger partial charge in [-0.3, -0.25) is 4.79 Å². The molecule has 108 valence electrons. The van der Waals surface area contributed by atoms with Crippen LogP contribution >= 0.6 is 0 Å². The van der Waals surface area contributed by atoms with E-state index >= 15 is 0 Å². The summed E-state index contributed by atoms with van der Waals surface area (Å²) in [5.74, 6) is 1.31. The zero-order valence-electron chi connectivity index (χ0n) is 12.4. The molecular weight excluding hydrogens is 248 g/mol. The fourth-order valence-electron chi connectivity index (χ4n) is 3.74. The fourth-order valence-corrected chi connectivity index (χ4v) is 3.74. The van der Waals surface area contributed by atoms with Crippen LogP contribution in [0.1, 0.15) is 40.7 Å². The molecule has 2 N–H and O–H groups in total. The number of rotatable bonds is 1. The summed E-state index contributed by atoms with van der Waals surface area (Å²) in [6.45, 7) is 5.88. The van der Waals surface area contributed by atoms with Crippen molar-refractivity contribution in [2.24, 2.45) is 17.6 Å². The number of carbonyl (C=O) groups excluding carboxylic acids is 1. The van der Waals surface area contributed by atoms with Gasteiger partial charge in [0.2, 0.25) is 0 Å². The van der Waals surface area contributed by atoms with E-state index in [0.717, 1.165) is 25.1 Å². The highest BCUT2D eigenvalue weighted by molar-refractivity contribution is 5.94. The Morgan fingerprint density at radius 2 is 2.00 bits per heavy atom. The zero-order chi connectivity index (χ0) is 14.3. The molecule has 0 spiro atoms. The lowest BCUT2D eigenvalue weighted by molar-refractivity contribution is 0.0783. The molecule has 3 rings (SSSR count). The molecule has 1 aliphatic heterocycles. The maximum Gasteiger partial charge on any atom is 0.253 e. The fraction of sp³-hybridized carbons (Fsp3) is 0.588. The lowest BCUT2D eigenvalue weighted by Crippen LogP contribution is -2.38. The van der Waals surface area contributed by atoms with Gasteiger partial charge in [-0.05, 0) is 61.8 Å². The monoisotopic (exact) mass is 272 g/mol. The van der Waals surface area contributed by atoms with Gasteiger partial charge in [0.15, 0.2) is 0 Å². The van der Waals surface area contributed by atoms with Crippen molar-refractivity contribution in [1.82, 2.24) is 4.90 Å². The second kappa shape index (κ2) is 5.21. The Bertz CT molecular complexity index is 526. The van der Waals surface area contributed by atoms with Crippen LogP contribution in [0, 0.1) is 25.7 Å². The number of hydrogen-bond donors (Lipinski definition) is 1. The predicted octanol–water partition coefficient (Wildman–Crippen LogP) is 2.50. The summed E-state index contributed by atoms with van der Waals surface area (Å²) in [7, 11) is 0. The summed E-state index contributed by atoms with van der Waals surface area (Å²) in [4.78, 5) is 14.7. The van der Waals surface area contributed by atoms with Gasteiger partial charge in [-0.1, -0.05) is 12.5 Å². The molecule has 3 atom stereocenters. The van der Waals surface area contributed by atoms with Crippen LogP contribution < -0.4 is 5.73 Å². The number of carbonyl (C=O) groups is 1. The van der Waals surface area contributed by atoms with Crippen molar-refractivity contribution in [3.8, 4) is 0 Å². The first-order valence-electron chi connectivity index (χ1n) is 7.68. The third-order valence-electron chi connectivity index (χ3n) is 5.19. The molecule has 1 heterocycles. The molecule has 2 fully saturated rings. The van der Waals surface area contributed by atoms with Gasteiger partial charge in [-0.25, -0.2) is 0 Å². The zero-order valence-corrected chi connectivity index (χ0v) is 12.4. The topological polar surface area (TPSA) is 46.3 Å². The molecule has 1 saturated carbocycles. The van der Waals surface area contributed by atoms with Crippen LogP contribution in [0.3, 0.4) is 0 Å². The second-order valence-electron chi connectivity index (χ2n) is 6.53. The van der Waals surface area contributed by atoms with Crippen molar-refractivity contribution in [2.75, 3.05) is 13.1 Å². The standard InChI is InChI=1S/C17H24N2O/c1-11-6-7-13(8-12(11)2)17(20)19-9-14-4-3-5-16(18)15(14)10-19/h6-8,14-16H,3-5,9-10,18H2,1-2H3. The van der Waals surface area contributed by atoms with E-state index in [4.69, 9.17) is 5.73 Å². The summed E-state index contributed by atoms with van der Waals surface area (Å²) in [6, 6.07) is 6.29. The van der Waals surface area contributed by atoms with Gasteiger partial charge in [0, 0.05) is 24.7 Å². The summed E-state index contributed by atoms with van der Waals surface area (Å²) < 4.78 is 0. The quantitative estimate of drug-likeness (QED) is 0.854. The van der Waals surface area contributed by atoms with Crippen LogP contribution in [0.5, 0.6) is 0 Å². The maximum atomic E-state index is 12.6. The van der Waals surface area contributed by atoms with Crippen LogP contribution in [0.15, 0.2) is 18.2 Å². The molecule has 3 unspecified atom stereocenters. The van der Waals surface area contributed by atoms with E-state index in [0.29, 0.717) is 11.8 Å². The number of fused-ring (bicyclic) bond motifs is 1. The minimum absolute atomic E-state index is 0.176. The van der Waals surface area contributed by atoms with Crippen LogP contribution in [0.25, 0.3) is 0 Å². The molecule has 20 heavy (non-hydrogen) atoms. The highest BCUT2D eigenvalue weighted by Gasteiger charge is 2.40. The molecule has 1 aliphatic carbocycles. The van der Waals surface area contributed by atoms with Gasteiger partial charge < -0.3 is 10.6 Å². The van der Waals surface area contributed by atoms with E-state index in [1.54, 1.807) is 0 Å². The maximum absolute atomic E-state index is 12.6. The van der Waals surface area contributed by atoms with Crippen molar-refractivity contribution in [2.45, 2.75) is 39.2 Å². The first-order chi connectivity index (χ1) is 9.56. The molecule has 1 aromatic carbocycles. The van der Waals surface area contributed by atoms with E-state index in [2.05, 4.69) is 13.8 Å². The Hall–Kier alpha value is -1.35. The lowest BCUT2D eigenvalue weighted by Gasteiger charge is -2.29. The Labute approximate surface area is 121 Å². The molecular formula is C17H24N2O. The van der Waals surface area contributed by atoms with Gasteiger partial charge >= 0.3 is 0 Å². The van der Waals surface area contributed by atoms with Gasteiger partial charge in [-0.15, -0.1) is 0 Å². The van der Waals surface area contributed by atoms with Crippen molar-refractivity contribution >= 4 is 5.91 Å². The van der Waals surface area contributed by atoms with Crippen molar-refractivity contribution in [3.63, 3.8) is 0 Å².